The van der Waals surface area contributed by atoms with Crippen LogP contribution in [-0.2, 0) is 11.3 Å². The minimum atomic E-state index is -0.549. The zero-order chi connectivity index (χ0) is 23.8. The van der Waals surface area contributed by atoms with Gasteiger partial charge >= 0.3 is 6.09 Å². The zero-order valence-electron chi connectivity index (χ0n) is 19.5. The molecule has 0 bridgehead atoms. The van der Waals surface area contributed by atoms with E-state index in [1.807, 2.05) is 49.6 Å². The van der Waals surface area contributed by atoms with E-state index in [1.54, 1.807) is 24.1 Å². The van der Waals surface area contributed by atoms with E-state index >= 15 is 0 Å². The molecule has 1 aliphatic rings. The number of rotatable bonds is 4. The fourth-order valence-corrected chi connectivity index (χ4v) is 4.46. The van der Waals surface area contributed by atoms with Gasteiger partial charge in [0.1, 0.15) is 11.4 Å². The highest BCUT2D eigenvalue weighted by molar-refractivity contribution is 6.31. The second-order valence-corrected chi connectivity index (χ2v) is 9.93. The molecule has 0 radical (unpaired) electrons. The second kappa shape index (κ2) is 9.21. The molecular weight excluding hydrogens is 443 g/mol. The Morgan fingerprint density at radius 3 is 2.73 bits per heavy atom. The van der Waals surface area contributed by atoms with Crippen molar-refractivity contribution in [1.82, 2.24) is 14.5 Å². The lowest BCUT2D eigenvalue weighted by Gasteiger charge is -2.38. The van der Waals surface area contributed by atoms with Crippen LogP contribution in [0.25, 0.3) is 11.0 Å². The van der Waals surface area contributed by atoms with Crippen LogP contribution in [0.1, 0.15) is 39.2 Å². The van der Waals surface area contributed by atoms with E-state index in [1.165, 1.54) is 6.07 Å². The van der Waals surface area contributed by atoms with Crippen LogP contribution in [0.3, 0.4) is 0 Å². The number of carbonyl (C=O) groups excluding carboxylic acids is 1. The van der Waals surface area contributed by atoms with Gasteiger partial charge in [-0.25, -0.2) is 14.2 Å². The molecule has 1 aromatic heterocycles. The summed E-state index contributed by atoms with van der Waals surface area (Å²) >= 11 is 6.34. The Morgan fingerprint density at radius 2 is 2.00 bits per heavy atom. The van der Waals surface area contributed by atoms with Gasteiger partial charge in [-0.2, -0.15) is 0 Å². The molecule has 0 saturated carbocycles. The Kier molecular flexibility index (Phi) is 6.52. The topological polar surface area (TPSA) is 50.6 Å². The molecule has 1 unspecified atom stereocenters. The molecular formula is C25H30ClFN4O2. The lowest BCUT2D eigenvalue weighted by molar-refractivity contribution is 0.0209. The van der Waals surface area contributed by atoms with Crippen molar-refractivity contribution in [2.45, 2.75) is 51.8 Å². The van der Waals surface area contributed by atoms with Crippen molar-refractivity contribution >= 4 is 34.7 Å². The van der Waals surface area contributed by atoms with Gasteiger partial charge in [0.2, 0.25) is 5.95 Å². The second-order valence-electron chi connectivity index (χ2n) is 9.52. The summed E-state index contributed by atoms with van der Waals surface area (Å²) in [6.45, 7) is 7.27. The minimum absolute atomic E-state index is 0.0149. The number of likely N-dealkylation sites (N-methyl/N-ethyl adjacent to an activating group) is 1. The maximum absolute atomic E-state index is 14.6. The van der Waals surface area contributed by atoms with Crippen LogP contribution in [0.2, 0.25) is 5.02 Å². The first-order valence-electron chi connectivity index (χ1n) is 11.2. The number of hydrogen-bond donors (Lipinski definition) is 0. The van der Waals surface area contributed by atoms with Crippen molar-refractivity contribution in [3.63, 3.8) is 0 Å². The van der Waals surface area contributed by atoms with Crippen molar-refractivity contribution in [2.24, 2.45) is 0 Å². The number of nitrogens with zero attached hydrogens (tertiary/aromatic N) is 4. The number of carbonyl (C=O) groups is 1. The number of anilines is 1. The van der Waals surface area contributed by atoms with Crippen LogP contribution in [0, 0.1) is 5.82 Å². The van der Waals surface area contributed by atoms with Crippen LogP contribution in [0.15, 0.2) is 42.5 Å². The van der Waals surface area contributed by atoms with Gasteiger partial charge in [-0.3, -0.25) is 0 Å². The summed E-state index contributed by atoms with van der Waals surface area (Å²) in [6.07, 6.45) is 1.45. The number of hydrogen-bond acceptors (Lipinski definition) is 4. The van der Waals surface area contributed by atoms with Gasteiger partial charge < -0.3 is 19.1 Å². The third-order valence-electron chi connectivity index (χ3n) is 5.92. The summed E-state index contributed by atoms with van der Waals surface area (Å²) in [5.41, 5.74) is 1.63. The van der Waals surface area contributed by atoms with E-state index in [9.17, 15) is 9.18 Å². The number of piperidine rings is 1. The van der Waals surface area contributed by atoms with Gasteiger partial charge in [0, 0.05) is 30.7 Å². The first-order chi connectivity index (χ1) is 15.6. The van der Waals surface area contributed by atoms with Gasteiger partial charge in [0.25, 0.3) is 0 Å². The van der Waals surface area contributed by atoms with Gasteiger partial charge in [-0.15, -0.1) is 0 Å². The Bertz CT molecular complexity index is 1140. The van der Waals surface area contributed by atoms with Gasteiger partial charge in [0.15, 0.2) is 0 Å². The molecule has 0 aliphatic carbocycles. The molecule has 3 aromatic rings. The van der Waals surface area contributed by atoms with Crippen molar-refractivity contribution < 1.29 is 13.9 Å². The highest BCUT2D eigenvalue weighted by Crippen LogP contribution is 2.30. The molecule has 1 atom stereocenters. The van der Waals surface area contributed by atoms with Gasteiger partial charge in [-0.05, 0) is 57.9 Å². The number of ether oxygens (including phenoxy) is 1. The predicted molar refractivity (Wildman–Crippen MR) is 129 cm³/mol. The van der Waals surface area contributed by atoms with Crippen molar-refractivity contribution in [3.8, 4) is 0 Å². The summed E-state index contributed by atoms with van der Waals surface area (Å²) in [6, 6.07) is 12.5. The van der Waals surface area contributed by atoms with Gasteiger partial charge in [0.05, 0.1) is 23.6 Å². The maximum atomic E-state index is 14.6. The fourth-order valence-electron chi connectivity index (χ4n) is 4.24. The number of para-hydroxylation sites is 2. The summed E-state index contributed by atoms with van der Waals surface area (Å²) in [4.78, 5) is 21.4. The van der Waals surface area contributed by atoms with E-state index < -0.39 is 5.60 Å². The first kappa shape index (κ1) is 23.4. The Morgan fingerprint density at radius 1 is 1.24 bits per heavy atom. The lowest BCUT2D eigenvalue weighted by Crippen LogP contribution is -2.50. The van der Waals surface area contributed by atoms with E-state index in [-0.39, 0.29) is 24.5 Å². The summed E-state index contributed by atoms with van der Waals surface area (Å²) in [5, 5.41) is 0.389. The standard InChI is InChI=1S/C25H30ClFN4O2/c1-25(2,3)33-24(32)29(4)17-9-8-14-30(15-17)23-28-21-12-5-6-13-22(21)31(23)16-18-19(26)10-7-11-20(18)27/h5-7,10-13,17H,8-9,14-16H2,1-4H3. The zero-order valence-corrected chi connectivity index (χ0v) is 20.3. The average Bonchev–Trinajstić information content (AvgIpc) is 3.13. The van der Waals surface area contributed by atoms with Crippen molar-refractivity contribution in [1.29, 1.82) is 0 Å². The fraction of sp³-hybridized carbons (Fsp3) is 0.440. The van der Waals surface area contributed by atoms with Crippen LogP contribution < -0.4 is 4.90 Å². The largest absolute Gasteiger partial charge is 0.444 e. The van der Waals surface area contributed by atoms with E-state index in [0.29, 0.717) is 17.1 Å². The molecule has 4 rings (SSSR count). The van der Waals surface area contributed by atoms with E-state index in [0.717, 1.165) is 36.4 Å². The minimum Gasteiger partial charge on any atom is -0.444 e. The molecule has 0 N–H and O–H groups in total. The third kappa shape index (κ3) is 5.08. The number of benzene rings is 2. The highest BCUT2D eigenvalue weighted by atomic mass is 35.5. The lowest BCUT2D eigenvalue weighted by atomic mass is 10.1. The average molecular weight is 473 g/mol. The summed E-state index contributed by atoms with van der Waals surface area (Å²) in [7, 11) is 1.78. The summed E-state index contributed by atoms with van der Waals surface area (Å²) in [5.74, 6) is 0.408. The quantitative estimate of drug-likeness (QED) is 0.487. The molecule has 8 heteroatoms. The molecule has 33 heavy (non-hydrogen) atoms. The smallest absolute Gasteiger partial charge is 0.410 e. The molecule has 6 nitrogen and oxygen atoms in total. The molecule has 1 aliphatic heterocycles. The Balaban J connectivity index is 1.65. The number of halogens is 2. The number of fused-ring (bicyclic) bond motifs is 1. The van der Waals surface area contributed by atoms with Crippen LogP contribution in [-0.4, -0.2) is 52.3 Å². The summed E-state index contributed by atoms with van der Waals surface area (Å²) < 4.78 is 22.2. The van der Waals surface area contributed by atoms with Crippen LogP contribution in [0.4, 0.5) is 15.1 Å². The van der Waals surface area contributed by atoms with Crippen molar-refractivity contribution in [2.75, 3.05) is 25.0 Å². The molecule has 0 spiro atoms. The Hall–Kier alpha value is -2.80. The molecule has 176 valence electrons. The van der Waals surface area contributed by atoms with Gasteiger partial charge in [-0.1, -0.05) is 29.8 Å². The molecule has 1 saturated heterocycles. The maximum Gasteiger partial charge on any atom is 0.410 e. The predicted octanol–water partition coefficient (Wildman–Crippen LogP) is 5.71. The Labute approximate surface area is 198 Å². The molecule has 1 fully saturated rings. The number of amides is 1. The van der Waals surface area contributed by atoms with Crippen molar-refractivity contribution in [3.05, 3.63) is 58.9 Å². The van der Waals surface area contributed by atoms with E-state index in [4.69, 9.17) is 21.3 Å². The van der Waals surface area contributed by atoms with Crippen LogP contribution >= 0.6 is 11.6 Å². The monoisotopic (exact) mass is 472 g/mol. The molecule has 1 amide bonds. The normalized spacial score (nSPS) is 16.8. The SMILES string of the molecule is CN(C(=O)OC(C)(C)C)C1CCCN(c2nc3ccccc3n2Cc2c(F)cccc2Cl)C1. The first-order valence-corrected chi connectivity index (χ1v) is 11.6. The number of imidazole rings is 1. The van der Waals surface area contributed by atoms with Crippen LogP contribution in [0.5, 0.6) is 0 Å². The number of aromatic nitrogens is 2. The molecule has 2 heterocycles. The molecule has 2 aromatic carbocycles. The third-order valence-corrected chi connectivity index (χ3v) is 6.27. The van der Waals surface area contributed by atoms with E-state index in [2.05, 4.69) is 4.90 Å². The highest BCUT2D eigenvalue weighted by Gasteiger charge is 2.31.